The van der Waals surface area contributed by atoms with Crippen molar-refractivity contribution < 1.29 is 13.9 Å². The Kier molecular flexibility index (Phi) is 6.50. The lowest BCUT2D eigenvalue weighted by Crippen LogP contribution is -2.34. The molecule has 0 saturated heterocycles. The van der Waals surface area contributed by atoms with Gasteiger partial charge in [-0.2, -0.15) is 0 Å². The normalized spacial score (nSPS) is 9.96. The molecule has 0 aliphatic heterocycles. The van der Waals surface area contributed by atoms with Crippen molar-refractivity contribution in [3.8, 4) is 5.75 Å². The molecule has 6 heteroatoms. The van der Waals surface area contributed by atoms with Crippen molar-refractivity contribution in [1.29, 1.82) is 0 Å². The van der Waals surface area contributed by atoms with E-state index in [1.807, 2.05) is 30.3 Å². The molecule has 1 amide bonds. The lowest BCUT2D eigenvalue weighted by molar-refractivity contribution is -0.119. The zero-order chi connectivity index (χ0) is 16.5. The van der Waals surface area contributed by atoms with Gasteiger partial charge in [-0.25, -0.2) is 4.39 Å². The van der Waals surface area contributed by atoms with Gasteiger partial charge in [-0.3, -0.25) is 4.79 Å². The molecule has 0 atom stereocenters. The third-order valence-corrected chi connectivity index (χ3v) is 3.14. The summed E-state index contributed by atoms with van der Waals surface area (Å²) in [6.45, 7) is 0.435. The third kappa shape index (κ3) is 6.04. The van der Waals surface area contributed by atoms with E-state index >= 15 is 0 Å². The number of ether oxygens (including phenoxy) is 1. The summed E-state index contributed by atoms with van der Waals surface area (Å²) in [5, 5.41) is 5.24. The second kappa shape index (κ2) is 8.85. The van der Waals surface area contributed by atoms with E-state index in [1.54, 1.807) is 18.2 Å². The van der Waals surface area contributed by atoms with Crippen LogP contribution in [0.25, 0.3) is 0 Å². The van der Waals surface area contributed by atoms with E-state index in [1.165, 1.54) is 6.07 Å². The molecule has 0 aliphatic carbocycles. The average Bonchev–Trinajstić information content (AvgIpc) is 2.55. The van der Waals surface area contributed by atoms with Crippen LogP contribution < -0.4 is 15.4 Å². The standard InChI is InChI=1S/C17H17FN2O2S/c18-14-9-4-5-10-15(14)19-17(23)20-16(21)11-6-12-22-13-7-2-1-3-8-13/h1-5,7-10H,6,11-12H2,(H2,19,20,21,23). The molecule has 4 nitrogen and oxygen atoms in total. The molecule has 0 aromatic heterocycles. The van der Waals surface area contributed by atoms with Crippen LogP contribution in [0.15, 0.2) is 54.6 Å². The summed E-state index contributed by atoms with van der Waals surface area (Å²) < 4.78 is 18.9. The molecule has 0 unspecified atom stereocenters. The van der Waals surface area contributed by atoms with Crippen LogP contribution in [0.5, 0.6) is 5.75 Å². The van der Waals surface area contributed by atoms with Crippen molar-refractivity contribution in [3.63, 3.8) is 0 Å². The zero-order valence-electron chi connectivity index (χ0n) is 12.4. The number of hydrogen-bond donors (Lipinski definition) is 2. The number of thiocarbonyl (C=S) groups is 1. The molecule has 0 heterocycles. The van der Waals surface area contributed by atoms with Crippen molar-refractivity contribution in [3.05, 3.63) is 60.4 Å². The Labute approximate surface area is 139 Å². The van der Waals surface area contributed by atoms with Gasteiger partial charge in [0.1, 0.15) is 11.6 Å². The van der Waals surface area contributed by atoms with Crippen LogP contribution in [0.4, 0.5) is 10.1 Å². The summed E-state index contributed by atoms with van der Waals surface area (Å²) >= 11 is 4.99. The number of carbonyl (C=O) groups is 1. The number of nitrogens with one attached hydrogen (secondary N) is 2. The summed E-state index contributed by atoms with van der Waals surface area (Å²) in [6, 6.07) is 15.5. The Balaban J connectivity index is 1.66. The molecule has 0 saturated carbocycles. The predicted octanol–water partition coefficient (Wildman–Crippen LogP) is 3.50. The number of anilines is 1. The maximum Gasteiger partial charge on any atom is 0.226 e. The Bertz CT molecular complexity index is 665. The van der Waals surface area contributed by atoms with E-state index in [0.717, 1.165) is 5.75 Å². The Morgan fingerprint density at radius 2 is 1.78 bits per heavy atom. The van der Waals surface area contributed by atoms with E-state index in [4.69, 9.17) is 17.0 Å². The SMILES string of the molecule is O=C(CCCOc1ccccc1)NC(=S)Nc1ccccc1F. The maximum absolute atomic E-state index is 13.4. The van der Waals surface area contributed by atoms with Gasteiger partial charge >= 0.3 is 0 Å². The molecule has 23 heavy (non-hydrogen) atoms. The number of hydrogen-bond acceptors (Lipinski definition) is 3. The predicted molar refractivity (Wildman–Crippen MR) is 91.9 cm³/mol. The summed E-state index contributed by atoms with van der Waals surface area (Å²) in [6.07, 6.45) is 0.828. The fourth-order valence-electron chi connectivity index (χ4n) is 1.84. The van der Waals surface area contributed by atoms with Crippen LogP contribution in [0, 0.1) is 5.82 Å². The maximum atomic E-state index is 13.4. The van der Waals surface area contributed by atoms with Gasteiger partial charge in [0, 0.05) is 6.42 Å². The van der Waals surface area contributed by atoms with E-state index < -0.39 is 5.82 Å². The largest absolute Gasteiger partial charge is 0.494 e. The van der Waals surface area contributed by atoms with Crippen LogP contribution in [0.2, 0.25) is 0 Å². The number of rotatable bonds is 6. The van der Waals surface area contributed by atoms with Gasteiger partial charge in [-0.05, 0) is 42.9 Å². The van der Waals surface area contributed by atoms with Crippen molar-refractivity contribution in [2.24, 2.45) is 0 Å². The van der Waals surface area contributed by atoms with Crippen molar-refractivity contribution in [2.75, 3.05) is 11.9 Å². The molecule has 2 rings (SSSR count). The molecule has 0 radical (unpaired) electrons. The molecule has 0 aliphatic rings. The minimum atomic E-state index is -0.430. The molecule has 2 N–H and O–H groups in total. The summed E-state index contributed by atoms with van der Waals surface area (Å²) in [4.78, 5) is 11.8. The van der Waals surface area contributed by atoms with E-state index in [0.29, 0.717) is 13.0 Å². The molecule has 2 aromatic carbocycles. The van der Waals surface area contributed by atoms with Gasteiger partial charge in [0.2, 0.25) is 5.91 Å². The quantitative estimate of drug-likeness (QED) is 0.628. The van der Waals surface area contributed by atoms with Crippen LogP contribution >= 0.6 is 12.2 Å². The molecular weight excluding hydrogens is 315 g/mol. The first-order valence-electron chi connectivity index (χ1n) is 7.18. The van der Waals surface area contributed by atoms with Gasteiger partial charge in [0.15, 0.2) is 5.11 Å². The summed E-state index contributed by atoms with van der Waals surface area (Å²) in [7, 11) is 0. The Morgan fingerprint density at radius 3 is 2.52 bits per heavy atom. The van der Waals surface area contributed by atoms with E-state index in [2.05, 4.69) is 10.6 Å². The zero-order valence-corrected chi connectivity index (χ0v) is 13.2. The molecular formula is C17H17FN2O2S. The Morgan fingerprint density at radius 1 is 1.09 bits per heavy atom. The highest BCUT2D eigenvalue weighted by Gasteiger charge is 2.07. The van der Waals surface area contributed by atoms with Crippen LogP contribution in [-0.2, 0) is 4.79 Å². The van der Waals surface area contributed by atoms with Crippen LogP contribution in [-0.4, -0.2) is 17.6 Å². The molecule has 120 valence electrons. The lowest BCUT2D eigenvalue weighted by Gasteiger charge is -2.10. The second-order valence-electron chi connectivity index (χ2n) is 4.75. The van der Waals surface area contributed by atoms with Gasteiger partial charge in [-0.15, -0.1) is 0 Å². The highest BCUT2D eigenvalue weighted by atomic mass is 32.1. The monoisotopic (exact) mass is 332 g/mol. The number of benzene rings is 2. The number of amides is 1. The summed E-state index contributed by atoms with van der Waals surface area (Å²) in [5.41, 5.74) is 0.227. The first-order chi connectivity index (χ1) is 11.1. The Hall–Kier alpha value is -2.47. The number of para-hydroxylation sites is 2. The summed E-state index contributed by atoms with van der Waals surface area (Å²) in [5.74, 6) is 0.0977. The molecule has 0 fully saturated rings. The van der Waals surface area contributed by atoms with E-state index in [-0.39, 0.29) is 23.1 Å². The minimum absolute atomic E-state index is 0.0732. The van der Waals surface area contributed by atoms with E-state index in [9.17, 15) is 9.18 Å². The molecule has 2 aromatic rings. The fraction of sp³-hybridized carbons (Fsp3) is 0.176. The van der Waals surface area contributed by atoms with Gasteiger partial charge in [0.05, 0.1) is 12.3 Å². The van der Waals surface area contributed by atoms with Gasteiger partial charge < -0.3 is 15.4 Å². The van der Waals surface area contributed by atoms with Crippen LogP contribution in [0.1, 0.15) is 12.8 Å². The molecule has 0 spiro atoms. The van der Waals surface area contributed by atoms with Gasteiger partial charge in [0.25, 0.3) is 0 Å². The highest BCUT2D eigenvalue weighted by molar-refractivity contribution is 7.80. The van der Waals surface area contributed by atoms with Crippen molar-refractivity contribution >= 4 is 28.9 Å². The average molecular weight is 332 g/mol. The number of halogens is 1. The highest BCUT2D eigenvalue weighted by Crippen LogP contribution is 2.12. The van der Waals surface area contributed by atoms with Crippen LogP contribution in [0.3, 0.4) is 0 Å². The second-order valence-corrected chi connectivity index (χ2v) is 5.16. The number of carbonyl (C=O) groups excluding carboxylic acids is 1. The molecule has 0 bridgehead atoms. The topological polar surface area (TPSA) is 50.4 Å². The van der Waals surface area contributed by atoms with Gasteiger partial charge in [-0.1, -0.05) is 30.3 Å². The smallest absolute Gasteiger partial charge is 0.226 e. The first-order valence-corrected chi connectivity index (χ1v) is 7.59. The fourth-order valence-corrected chi connectivity index (χ4v) is 2.07. The lowest BCUT2D eigenvalue weighted by atomic mass is 10.3. The van der Waals surface area contributed by atoms with Crippen molar-refractivity contribution in [2.45, 2.75) is 12.8 Å². The minimum Gasteiger partial charge on any atom is -0.494 e. The van der Waals surface area contributed by atoms with Crippen molar-refractivity contribution in [1.82, 2.24) is 5.32 Å². The third-order valence-electron chi connectivity index (χ3n) is 2.94. The first kappa shape index (κ1) is 16.9.